The van der Waals surface area contributed by atoms with Crippen molar-refractivity contribution in [3.8, 4) is 0 Å². The zero-order valence-corrected chi connectivity index (χ0v) is 14.1. The fraction of sp³-hybridized carbons (Fsp3) is 0.421. The average molecular weight is 331 g/mol. The van der Waals surface area contributed by atoms with Gasteiger partial charge in [0, 0.05) is 17.7 Å². The maximum Gasteiger partial charge on any atom is 0.330 e. The lowest BCUT2D eigenvalue weighted by Gasteiger charge is -2.02. The Bertz CT molecular complexity index is 552. The highest BCUT2D eigenvalue weighted by molar-refractivity contribution is 6.09. The molecule has 130 valence electrons. The van der Waals surface area contributed by atoms with Crippen LogP contribution in [0.4, 0.5) is 0 Å². The van der Waals surface area contributed by atoms with Gasteiger partial charge in [0.15, 0.2) is 0 Å². The number of hydrogen-bond acceptors (Lipinski definition) is 4. The summed E-state index contributed by atoms with van der Waals surface area (Å²) in [6.45, 7) is 2.51. The maximum absolute atomic E-state index is 11.7. The van der Waals surface area contributed by atoms with Crippen LogP contribution >= 0.6 is 0 Å². The number of nitrogens with one attached hydrogen (secondary N) is 1. The first-order valence-corrected chi connectivity index (χ1v) is 8.38. The van der Waals surface area contributed by atoms with E-state index in [1.165, 1.54) is 19.3 Å². The van der Waals surface area contributed by atoms with Crippen molar-refractivity contribution in [2.75, 3.05) is 6.61 Å². The summed E-state index contributed by atoms with van der Waals surface area (Å²) in [6.07, 6.45) is 8.68. The van der Waals surface area contributed by atoms with Gasteiger partial charge < -0.3 is 4.74 Å². The van der Waals surface area contributed by atoms with Gasteiger partial charge in [-0.05, 0) is 18.6 Å². The smallest absolute Gasteiger partial charge is 0.330 e. The first-order valence-electron chi connectivity index (χ1n) is 8.38. The van der Waals surface area contributed by atoms with E-state index < -0.39 is 17.8 Å². The minimum Gasteiger partial charge on any atom is -0.463 e. The van der Waals surface area contributed by atoms with E-state index in [0.717, 1.165) is 31.4 Å². The second-order valence-corrected chi connectivity index (χ2v) is 5.45. The van der Waals surface area contributed by atoms with Crippen LogP contribution in [-0.4, -0.2) is 24.4 Å². The third-order valence-corrected chi connectivity index (χ3v) is 3.39. The van der Waals surface area contributed by atoms with Gasteiger partial charge in [0.25, 0.3) is 11.8 Å². The number of rotatable bonds is 10. The highest BCUT2D eigenvalue weighted by Gasteiger charge is 2.07. The molecule has 2 amide bonds. The molecule has 0 spiro atoms. The largest absolute Gasteiger partial charge is 0.463 e. The quantitative estimate of drug-likeness (QED) is 0.405. The molecule has 5 heteroatoms. The highest BCUT2D eigenvalue weighted by Crippen LogP contribution is 2.05. The van der Waals surface area contributed by atoms with E-state index in [9.17, 15) is 14.4 Å². The summed E-state index contributed by atoms with van der Waals surface area (Å²) >= 11 is 0. The van der Waals surface area contributed by atoms with Crippen molar-refractivity contribution in [1.29, 1.82) is 0 Å². The summed E-state index contributed by atoms with van der Waals surface area (Å²) < 4.78 is 5.00. The van der Waals surface area contributed by atoms with E-state index in [0.29, 0.717) is 12.2 Å². The molecule has 0 aliphatic heterocycles. The van der Waals surface area contributed by atoms with Gasteiger partial charge >= 0.3 is 5.97 Å². The Kier molecular flexibility index (Phi) is 9.85. The molecule has 0 unspecified atom stereocenters. The van der Waals surface area contributed by atoms with E-state index in [-0.39, 0.29) is 0 Å². The summed E-state index contributed by atoms with van der Waals surface area (Å²) in [6, 6.07) is 8.38. The minimum atomic E-state index is -0.652. The number of esters is 1. The molecule has 1 rings (SSSR count). The molecule has 0 fully saturated rings. The van der Waals surface area contributed by atoms with Crippen molar-refractivity contribution in [2.45, 2.75) is 45.4 Å². The van der Waals surface area contributed by atoms with E-state index in [4.69, 9.17) is 4.74 Å². The third-order valence-electron chi connectivity index (χ3n) is 3.39. The Balaban J connectivity index is 2.19. The van der Waals surface area contributed by atoms with Crippen LogP contribution in [0.1, 0.15) is 55.8 Å². The number of imide groups is 1. The molecule has 0 heterocycles. The Labute approximate surface area is 143 Å². The predicted molar refractivity (Wildman–Crippen MR) is 92.4 cm³/mol. The van der Waals surface area contributed by atoms with Crippen molar-refractivity contribution in [2.24, 2.45) is 0 Å². The molecule has 0 aromatic heterocycles. The molecule has 1 aromatic rings. The van der Waals surface area contributed by atoms with Gasteiger partial charge in [-0.1, -0.05) is 57.2 Å². The van der Waals surface area contributed by atoms with Crippen molar-refractivity contribution < 1.29 is 19.1 Å². The monoisotopic (exact) mass is 331 g/mol. The molecule has 0 aliphatic carbocycles. The van der Waals surface area contributed by atoms with Gasteiger partial charge in [0.1, 0.15) is 0 Å². The number of amides is 2. The molecule has 0 aliphatic rings. The minimum absolute atomic E-state index is 0.347. The number of benzene rings is 1. The lowest BCUT2D eigenvalue weighted by Crippen LogP contribution is -2.28. The van der Waals surface area contributed by atoms with Crippen LogP contribution < -0.4 is 5.32 Å². The summed E-state index contributed by atoms with van der Waals surface area (Å²) in [7, 11) is 0. The normalized spacial score (nSPS) is 10.5. The van der Waals surface area contributed by atoms with Gasteiger partial charge in [-0.15, -0.1) is 0 Å². The third kappa shape index (κ3) is 8.88. The molecule has 24 heavy (non-hydrogen) atoms. The first kappa shape index (κ1) is 19.6. The summed E-state index contributed by atoms with van der Waals surface area (Å²) in [4.78, 5) is 34.8. The van der Waals surface area contributed by atoms with Crippen molar-refractivity contribution in [1.82, 2.24) is 5.32 Å². The molecular formula is C19H25NO4. The van der Waals surface area contributed by atoms with E-state index in [2.05, 4.69) is 12.2 Å². The lowest BCUT2D eigenvalue weighted by molar-refractivity contribution is -0.138. The molecule has 0 saturated carbocycles. The number of unbranched alkanes of at least 4 members (excludes halogenated alkanes) is 5. The van der Waals surface area contributed by atoms with Gasteiger partial charge in [0.05, 0.1) is 6.61 Å². The summed E-state index contributed by atoms with van der Waals surface area (Å²) in [5.74, 6) is -1.74. The standard InChI is InChI=1S/C19H25NO4/c1-2-3-4-5-6-10-15-24-18(22)14-13-17(21)20-19(23)16-11-8-7-9-12-16/h7-9,11-14H,2-6,10,15H2,1H3,(H,20,21,23)/b14-13+. The van der Waals surface area contributed by atoms with Crippen LogP contribution in [0.3, 0.4) is 0 Å². The van der Waals surface area contributed by atoms with Gasteiger partial charge in [-0.2, -0.15) is 0 Å². The highest BCUT2D eigenvalue weighted by atomic mass is 16.5. The van der Waals surface area contributed by atoms with Crippen LogP contribution in [0.2, 0.25) is 0 Å². The van der Waals surface area contributed by atoms with E-state index in [1.807, 2.05) is 0 Å². The predicted octanol–water partition coefficient (Wildman–Crippen LogP) is 3.40. The number of carbonyl (C=O) groups excluding carboxylic acids is 3. The Morgan fingerprint density at radius 3 is 2.33 bits per heavy atom. The molecule has 1 N–H and O–H groups in total. The molecule has 5 nitrogen and oxygen atoms in total. The van der Waals surface area contributed by atoms with Crippen molar-refractivity contribution in [3.05, 3.63) is 48.0 Å². The molecular weight excluding hydrogens is 306 g/mol. The van der Waals surface area contributed by atoms with Crippen molar-refractivity contribution in [3.63, 3.8) is 0 Å². The average Bonchev–Trinajstić information content (AvgIpc) is 2.60. The number of ether oxygens (including phenoxy) is 1. The summed E-state index contributed by atoms with van der Waals surface area (Å²) in [5.41, 5.74) is 0.380. The first-order chi connectivity index (χ1) is 11.6. The Hall–Kier alpha value is -2.43. The van der Waals surface area contributed by atoms with Crippen molar-refractivity contribution >= 4 is 17.8 Å². The van der Waals surface area contributed by atoms with Gasteiger partial charge in [-0.3, -0.25) is 14.9 Å². The topological polar surface area (TPSA) is 72.5 Å². The van der Waals surface area contributed by atoms with Crippen LogP contribution in [-0.2, 0) is 14.3 Å². The summed E-state index contributed by atoms with van der Waals surface area (Å²) in [5, 5.41) is 2.18. The maximum atomic E-state index is 11.7. The zero-order valence-electron chi connectivity index (χ0n) is 14.1. The van der Waals surface area contributed by atoms with Crippen LogP contribution in [0.15, 0.2) is 42.5 Å². The van der Waals surface area contributed by atoms with E-state index >= 15 is 0 Å². The van der Waals surface area contributed by atoms with Crippen LogP contribution in [0, 0.1) is 0 Å². The number of carbonyl (C=O) groups is 3. The second kappa shape index (κ2) is 12.0. The van der Waals surface area contributed by atoms with Crippen LogP contribution in [0.5, 0.6) is 0 Å². The molecule has 0 radical (unpaired) electrons. The molecule has 0 atom stereocenters. The van der Waals surface area contributed by atoms with Gasteiger partial charge in [-0.25, -0.2) is 4.79 Å². The fourth-order valence-electron chi connectivity index (χ4n) is 2.06. The Morgan fingerprint density at radius 2 is 1.62 bits per heavy atom. The lowest BCUT2D eigenvalue weighted by atomic mass is 10.1. The number of hydrogen-bond donors (Lipinski definition) is 1. The van der Waals surface area contributed by atoms with E-state index in [1.54, 1.807) is 30.3 Å². The second-order valence-electron chi connectivity index (χ2n) is 5.45. The molecule has 0 saturated heterocycles. The molecule has 1 aromatic carbocycles. The molecule has 0 bridgehead atoms. The fourth-order valence-corrected chi connectivity index (χ4v) is 2.06. The SMILES string of the molecule is CCCCCCCCOC(=O)/C=C/C(=O)NC(=O)c1ccccc1. The Morgan fingerprint density at radius 1 is 0.958 bits per heavy atom. The van der Waals surface area contributed by atoms with Crippen LogP contribution in [0.25, 0.3) is 0 Å². The van der Waals surface area contributed by atoms with Gasteiger partial charge in [0.2, 0.25) is 0 Å². The zero-order chi connectivity index (χ0) is 17.6.